The molecular weight excluding hydrogens is 515 g/mol. The second-order valence-corrected chi connectivity index (χ2v) is 9.32. The Morgan fingerprint density at radius 1 is 0.605 bits per heavy atom. The van der Waals surface area contributed by atoms with E-state index in [4.69, 9.17) is 9.47 Å². The van der Waals surface area contributed by atoms with Crippen LogP contribution in [0.3, 0.4) is 0 Å². The second kappa shape index (κ2) is 20.5. The van der Waals surface area contributed by atoms with Gasteiger partial charge in [0, 0.05) is 6.07 Å². The third-order valence-corrected chi connectivity index (χ3v) is 6.20. The van der Waals surface area contributed by atoms with Crippen molar-refractivity contribution in [3.8, 4) is 58.9 Å². The molecule has 3 rings (SSSR count). The van der Waals surface area contributed by atoms with E-state index >= 15 is 0 Å². The minimum atomic E-state index is 0. The molecular formula is C32H42Cl2N2O2. The van der Waals surface area contributed by atoms with Crippen molar-refractivity contribution in [3.05, 3.63) is 23.3 Å². The molecule has 2 fully saturated rings. The van der Waals surface area contributed by atoms with Crippen LogP contribution in [-0.2, 0) is 0 Å². The van der Waals surface area contributed by atoms with Gasteiger partial charge in [-0.1, -0.05) is 38.5 Å². The van der Waals surface area contributed by atoms with Crippen molar-refractivity contribution in [2.24, 2.45) is 0 Å². The lowest BCUT2D eigenvalue weighted by Crippen LogP contribution is -2.29. The van der Waals surface area contributed by atoms with Crippen molar-refractivity contribution in [3.63, 3.8) is 0 Å². The molecule has 1 aromatic rings. The van der Waals surface area contributed by atoms with Crippen LogP contribution >= 0.6 is 24.8 Å². The van der Waals surface area contributed by atoms with Gasteiger partial charge in [-0.15, -0.1) is 24.8 Å². The number of ether oxygens (including phenoxy) is 2. The molecule has 2 saturated heterocycles. The van der Waals surface area contributed by atoms with Crippen molar-refractivity contribution >= 4 is 24.8 Å². The molecule has 0 bridgehead atoms. The smallest absolute Gasteiger partial charge is 0.138 e. The normalized spacial score (nSPS) is 14.8. The van der Waals surface area contributed by atoms with E-state index < -0.39 is 0 Å². The van der Waals surface area contributed by atoms with E-state index in [1.54, 1.807) is 0 Å². The van der Waals surface area contributed by atoms with Gasteiger partial charge >= 0.3 is 0 Å². The quantitative estimate of drug-likeness (QED) is 0.378. The third kappa shape index (κ3) is 12.4. The number of rotatable bonds is 8. The van der Waals surface area contributed by atoms with Crippen LogP contribution in [0.15, 0.2) is 12.1 Å². The van der Waals surface area contributed by atoms with Gasteiger partial charge in [0.05, 0.1) is 37.4 Å². The standard InChI is InChI=1S/C32H40N2O2.2ClH/c1-3-25-35-31-28-32(36-26-4-2)30(18-10-6-12-20-34-23-15-8-16-24-34)27-29(31)17-9-5-11-19-33-21-13-7-14-22-33;;/h27-28H,3-4,7-8,13-16,19-26H2,1-2H3;2*1H. The van der Waals surface area contributed by atoms with Crippen LogP contribution < -0.4 is 9.47 Å². The Bertz CT molecular complexity index is 994. The molecule has 206 valence electrons. The molecule has 2 heterocycles. The van der Waals surface area contributed by atoms with Crippen LogP contribution in [0.5, 0.6) is 11.5 Å². The third-order valence-electron chi connectivity index (χ3n) is 6.20. The molecule has 1 aromatic carbocycles. The number of piperidine rings is 2. The molecule has 0 aliphatic carbocycles. The van der Waals surface area contributed by atoms with Gasteiger partial charge in [-0.25, -0.2) is 0 Å². The lowest BCUT2D eigenvalue weighted by Gasteiger charge is -2.23. The van der Waals surface area contributed by atoms with Crippen molar-refractivity contribution in [1.29, 1.82) is 0 Å². The van der Waals surface area contributed by atoms with Crippen LogP contribution in [0, 0.1) is 47.4 Å². The summed E-state index contributed by atoms with van der Waals surface area (Å²) in [6, 6.07) is 3.87. The Morgan fingerprint density at radius 2 is 1.03 bits per heavy atom. The molecule has 0 atom stereocenters. The van der Waals surface area contributed by atoms with E-state index in [2.05, 4.69) is 71.0 Å². The lowest BCUT2D eigenvalue weighted by atomic mass is 10.1. The Kier molecular flexibility index (Phi) is 18.1. The van der Waals surface area contributed by atoms with Gasteiger partial charge in [-0.2, -0.15) is 0 Å². The molecule has 0 aromatic heterocycles. The van der Waals surface area contributed by atoms with E-state index in [0.717, 1.165) is 74.7 Å². The molecule has 2 aliphatic heterocycles. The average Bonchev–Trinajstić information content (AvgIpc) is 2.92. The molecule has 38 heavy (non-hydrogen) atoms. The lowest BCUT2D eigenvalue weighted by molar-refractivity contribution is 0.255. The minimum Gasteiger partial charge on any atom is -0.492 e. The van der Waals surface area contributed by atoms with Crippen molar-refractivity contribution in [1.82, 2.24) is 9.80 Å². The first-order valence-corrected chi connectivity index (χ1v) is 13.7. The van der Waals surface area contributed by atoms with E-state index in [1.807, 2.05) is 12.1 Å². The first-order valence-electron chi connectivity index (χ1n) is 13.7. The summed E-state index contributed by atoms with van der Waals surface area (Å²) in [5.74, 6) is 26.3. The Morgan fingerprint density at radius 3 is 1.42 bits per heavy atom. The Hall–Kier alpha value is -2.44. The SMILES string of the molecule is CCCOc1cc(OCCC)c(C#CC#CCN2CCCCC2)cc1C#CC#CCN1CCCCC1.Cl.Cl. The molecule has 0 amide bonds. The van der Waals surface area contributed by atoms with E-state index in [-0.39, 0.29) is 24.8 Å². The molecule has 4 nitrogen and oxygen atoms in total. The maximum Gasteiger partial charge on any atom is 0.138 e. The van der Waals surface area contributed by atoms with Crippen LogP contribution in [0.1, 0.15) is 76.3 Å². The monoisotopic (exact) mass is 556 g/mol. The van der Waals surface area contributed by atoms with Crippen LogP contribution in [0.2, 0.25) is 0 Å². The molecule has 0 unspecified atom stereocenters. The van der Waals surface area contributed by atoms with Gasteiger partial charge in [-0.3, -0.25) is 9.80 Å². The molecule has 2 aliphatic rings. The zero-order valence-corrected chi connectivity index (χ0v) is 24.6. The fraction of sp³-hybridized carbons (Fsp3) is 0.562. The fourth-order valence-corrected chi connectivity index (χ4v) is 4.24. The summed E-state index contributed by atoms with van der Waals surface area (Å²) in [6.07, 6.45) is 9.57. The summed E-state index contributed by atoms with van der Waals surface area (Å²) < 4.78 is 12.0. The number of likely N-dealkylation sites (tertiary alicyclic amines) is 2. The van der Waals surface area contributed by atoms with E-state index in [9.17, 15) is 0 Å². The number of hydrogen-bond donors (Lipinski definition) is 0. The Labute approximate surface area is 243 Å². The van der Waals surface area contributed by atoms with Gasteiger partial charge in [0.25, 0.3) is 0 Å². The number of hydrogen-bond acceptors (Lipinski definition) is 4. The second-order valence-electron chi connectivity index (χ2n) is 9.32. The highest BCUT2D eigenvalue weighted by molar-refractivity contribution is 5.85. The first kappa shape index (κ1) is 33.6. The molecule has 0 spiro atoms. The predicted octanol–water partition coefficient (Wildman–Crippen LogP) is 5.79. The highest BCUT2D eigenvalue weighted by Gasteiger charge is 2.11. The summed E-state index contributed by atoms with van der Waals surface area (Å²) in [6.45, 7) is 11.5. The maximum atomic E-state index is 6.00. The minimum absolute atomic E-state index is 0. The zero-order valence-electron chi connectivity index (χ0n) is 23.0. The summed E-state index contributed by atoms with van der Waals surface area (Å²) in [5.41, 5.74) is 1.57. The average molecular weight is 558 g/mol. The van der Waals surface area contributed by atoms with Crippen LogP contribution in [0.4, 0.5) is 0 Å². The number of halogens is 2. The van der Waals surface area contributed by atoms with Crippen molar-refractivity contribution < 1.29 is 9.47 Å². The number of nitrogens with zero attached hydrogens (tertiary/aromatic N) is 2. The summed E-state index contributed by atoms with van der Waals surface area (Å²) in [7, 11) is 0. The van der Waals surface area contributed by atoms with E-state index in [1.165, 1.54) is 38.5 Å². The van der Waals surface area contributed by atoms with Crippen molar-refractivity contribution in [2.45, 2.75) is 65.2 Å². The topological polar surface area (TPSA) is 24.9 Å². The Balaban J connectivity index is 0.00000361. The van der Waals surface area contributed by atoms with Gasteiger partial charge < -0.3 is 9.47 Å². The van der Waals surface area contributed by atoms with Crippen LogP contribution in [0.25, 0.3) is 0 Å². The summed E-state index contributed by atoms with van der Waals surface area (Å²) >= 11 is 0. The van der Waals surface area contributed by atoms with Gasteiger partial charge in [0.15, 0.2) is 0 Å². The molecule has 0 N–H and O–H groups in total. The first-order chi connectivity index (χ1) is 17.8. The van der Waals surface area contributed by atoms with E-state index in [0.29, 0.717) is 13.2 Å². The van der Waals surface area contributed by atoms with Gasteiger partial charge in [0.1, 0.15) is 11.5 Å². The molecule has 6 heteroatoms. The fourth-order valence-electron chi connectivity index (χ4n) is 4.24. The maximum absolute atomic E-state index is 6.00. The van der Waals surface area contributed by atoms with Gasteiger partial charge in [-0.05, 0) is 106 Å². The summed E-state index contributed by atoms with van der Waals surface area (Å²) in [5, 5.41) is 0. The van der Waals surface area contributed by atoms with Gasteiger partial charge in [0.2, 0.25) is 0 Å². The number of benzene rings is 1. The predicted molar refractivity (Wildman–Crippen MR) is 162 cm³/mol. The van der Waals surface area contributed by atoms with Crippen LogP contribution in [-0.4, -0.2) is 62.3 Å². The molecule has 0 radical (unpaired) electrons. The largest absolute Gasteiger partial charge is 0.492 e. The highest BCUT2D eigenvalue weighted by Crippen LogP contribution is 2.29. The molecule has 0 saturated carbocycles. The highest BCUT2D eigenvalue weighted by atomic mass is 35.5. The van der Waals surface area contributed by atoms with Crippen molar-refractivity contribution in [2.75, 3.05) is 52.5 Å². The summed E-state index contributed by atoms with van der Waals surface area (Å²) in [4.78, 5) is 4.79. The zero-order chi connectivity index (χ0) is 25.3.